The third-order valence-electron chi connectivity index (χ3n) is 1.37. The van der Waals surface area contributed by atoms with Gasteiger partial charge in [0.05, 0.1) is 6.61 Å². The third-order valence-corrected chi connectivity index (χ3v) is 1.37. The normalized spacial score (nSPS) is 30.4. The summed E-state index contributed by atoms with van der Waals surface area (Å²) in [5.74, 6) is -0.284. The van der Waals surface area contributed by atoms with Gasteiger partial charge in [-0.1, -0.05) is 0 Å². The van der Waals surface area contributed by atoms with Gasteiger partial charge in [-0.2, -0.15) is 0 Å². The summed E-state index contributed by atoms with van der Waals surface area (Å²) in [5.41, 5.74) is 0. The maximum absolute atomic E-state index is 10.4. The van der Waals surface area contributed by atoms with Crippen molar-refractivity contribution in [1.82, 2.24) is 0 Å². The molecule has 4 nitrogen and oxygen atoms in total. The molecule has 0 spiro atoms. The van der Waals surface area contributed by atoms with E-state index in [9.17, 15) is 4.79 Å². The van der Waals surface area contributed by atoms with Gasteiger partial charge in [-0.3, -0.25) is 4.79 Å². The number of ether oxygens (including phenoxy) is 3. The Morgan fingerprint density at radius 1 is 1.73 bits per heavy atom. The molecule has 0 N–H and O–H groups in total. The van der Waals surface area contributed by atoms with Crippen LogP contribution in [0.3, 0.4) is 0 Å². The molecule has 1 fully saturated rings. The number of hydrogen-bond donors (Lipinski definition) is 0. The minimum atomic E-state index is -0.284. The first-order valence-corrected chi connectivity index (χ1v) is 3.59. The smallest absolute Gasteiger partial charge is 0.302 e. The zero-order valence-corrected chi connectivity index (χ0v) is 6.70. The molecule has 0 bridgehead atoms. The van der Waals surface area contributed by atoms with Crippen molar-refractivity contribution in [3.05, 3.63) is 0 Å². The molecule has 2 atom stereocenters. The first-order chi connectivity index (χ1) is 5.18. The van der Waals surface area contributed by atoms with Crippen LogP contribution >= 0.6 is 0 Å². The number of carbonyl (C=O) groups excluding carboxylic acids is 1. The van der Waals surface area contributed by atoms with Crippen LogP contribution in [-0.2, 0) is 19.0 Å². The van der Waals surface area contributed by atoms with Gasteiger partial charge in [0, 0.05) is 6.92 Å². The van der Waals surface area contributed by atoms with Crippen LogP contribution in [0.4, 0.5) is 0 Å². The van der Waals surface area contributed by atoms with Gasteiger partial charge in [0.2, 0.25) is 0 Å². The van der Waals surface area contributed by atoms with E-state index in [0.29, 0.717) is 13.2 Å². The van der Waals surface area contributed by atoms with Crippen molar-refractivity contribution in [3.63, 3.8) is 0 Å². The second-order valence-electron chi connectivity index (χ2n) is 2.46. The molecule has 0 aromatic rings. The maximum Gasteiger partial charge on any atom is 0.302 e. The molecule has 0 amide bonds. The Labute approximate surface area is 65.4 Å². The molecule has 0 aromatic heterocycles. The van der Waals surface area contributed by atoms with Crippen molar-refractivity contribution in [1.29, 1.82) is 0 Å². The standard InChI is InChI=1S/C7H12O4/c1-5(8)9-3-7-4-10-6(2)11-7/h6-7H,3-4H2,1-2H3. The summed E-state index contributed by atoms with van der Waals surface area (Å²) in [5, 5.41) is 0. The van der Waals surface area contributed by atoms with Gasteiger partial charge >= 0.3 is 5.97 Å². The van der Waals surface area contributed by atoms with Crippen LogP contribution in [0.1, 0.15) is 13.8 Å². The molecule has 1 saturated heterocycles. The molecule has 2 unspecified atom stereocenters. The van der Waals surface area contributed by atoms with E-state index in [1.54, 1.807) is 0 Å². The van der Waals surface area contributed by atoms with E-state index >= 15 is 0 Å². The Balaban J connectivity index is 2.13. The Morgan fingerprint density at radius 3 is 2.91 bits per heavy atom. The average molecular weight is 160 g/mol. The minimum absolute atomic E-state index is 0.0890. The summed E-state index contributed by atoms with van der Waals surface area (Å²) in [6.07, 6.45) is -0.260. The highest BCUT2D eigenvalue weighted by Crippen LogP contribution is 2.10. The zero-order valence-electron chi connectivity index (χ0n) is 6.70. The number of rotatable bonds is 2. The largest absolute Gasteiger partial charge is 0.463 e. The van der Waals surface area contributed by atoms with E-state index in [1.165, 1.54) is 6.92 Å². The van der Waals surface area contributed by atoms with Gasteiger partial charge in [-0.15, -0.1) is 0 Å². The lowest BCUT2D eigenvalue weighted by Gasteiger charge is -2.07. The van der Waals surface area contributed by atoms with Gasteiger partial charge in [0.25, 0.3) is 0 Å². The Hall–Kier alpha value is -0.610. The number of hydrogen-bond acceptors (Lipinski definition) is 4. The van der Waals surface area contributed by atoms with Crippen molar-refractivity contribution in [2.24, 2.45) is 0 Å². The molecule has 0 radical (unpaired) electrons. The fourth-order valence-electron chi connectivity index (χ4n) is 0.890. The van der Waals surface area contributed by atoms with Crippen LogP contribution in [0, 0.1) is 0 Å². The fourth-order valence-corrected chi connectivity index (χ4v) is 0.890. The van der Waals surface area contributed by atoms with Crippen LogP contribution in [0.25, 0.3) is 0 Å². The van der Waals surface area contributed by atoms with Gasteiger partial charge in [0.1, 0.15) is 12.7 Å². The van der Waals surface area contributed by atoms with Crippen molar-refractivity contribution in [2.45, 2.75) is 26.2 Å². The molecular weight excluding hydrogens is 148 g/mol. The van der Waals surface area contributed by atoms with Gasteiger partial charge in [0.15, 0.2) is 6.29 Å². The lowest BCUT2D eigenvalue weighted by atomic mass is 10.4. The number of esters is 1. The van der Waals surface area contributed by atoms with Gasteiger partial charge in [-0.05, 0) is 6.92 Å². The Morgan fingerprint density at radius 2 is 2.45 bits per heavy atom. The van der Waals surface area contributed by atoms with Crippen LogP contribution in [0.5, 0.6) is 0 Å². The highest BCUT2D eigenvalue weighted by atomic mass is 16.7. The molecule has 1 rings (SSSR count). The SMILES string of the molecule is CC(=O)OCC1COC(C)O1. The lowest BCUT2D eigenvalue weighted by molar-refractivity contribution is -0.145. The van der Waals surface area contributed by atoms with Crippen molar-refractivity contribution in [2.75, 3.05) is 13.2 Å². The molecule has 0 aromatic carbocycles. The minimum Gasteiger partial charge on any atom is -0.463 e. The summed E-state index contributed by atoms with van der Waals surface area (Å²) in [7, 11) is 0. The van der Waals surface area contributed by atoms with E-state index < -0.39 is 0 Å². The molecule has 0 saturated carbocycles. The summed E-state index contributed by atoms with van der Waals surface area (Å²) < 4.78 is 15.0. The average Bonchev–Trinajstić information content (AvgIpc) is 2.31. The quantitative estimate of drug-likeness (QED) is 0.545. The zero-order chi connectivity index (χ0) is 8.27. The van der Waals surface area contributed by atoms with E-state index in [-0.39, 0.29) is 18.4 Å². The lowest BCUT2D eigenvalue weighted by Crippen LogP contribution is -2.19. The Kier molecular flexibility index (Phi) is 2.84. The summed E-state index contributed by atoms with van der Waals surface area (Å²) in [4.78, 5) is 10.4. The van der Waals surface area contributed by atoms with Crippen LogP contribution in [-0.4, -0.2) is 31.6 Å². The van der Waals surface area contributed by atoms with Crippen molar-refractivity contribution >= 4 is 5.97 Å². The molecular formula is C7H12O4. The summed E-state index contributed by atoms with van der Waals surface area (Å²) >= 11 is 0. The molecule has 4 heteroatoms. The van der Waals surface area contributed by atoms with Crippen LogP contribution < -0.4 is 0 Å². The van der Waals surface area contributed by atoms with Crippen molar-refractivity contribution < 1.29 is 19.0 Å². The van der Waals surface area contributed by atoms with Crippen LogP contribution in [0.2, 0.25) is 0 Å². The molecule has 64 valence electrons. The first kappa shape index (κ1) is 8.49. The Bertz CT molecular complexity index is 145. The molecule has 1 aliphatic heterocycles. The van der Waals surface area contributed by atoms with Gasteiger partial charge < -0.3 is 14.2 Å². The second-order valence-corrected chi connectivity index (χ2v) is 2.46. The number of carbonyl (C=O) groups is 1. The van der Waals surface area contributed by atoms with Gasteiger partial charge in [-0.25, -0.2) is 0 Å². The molecule has 1 aliphatic rings. The van der Waals surface area contributed by atoms with E-state index in [0.717, 1.165) is 0 Å². The predicted molar refractivity (Wildman–Crippen MR) is 36.9 cm³/mol. The van der Waals surface area contributed by atoms with E-state index in [4.69, 9.17) is 14.2 Å². The molecule has 1 heterocycles. The fraction of sp³-hybridized carbons (Fsp3) is 0.857. The summed E-state index contributed by atoms with van der Waals surface area (Å²) in [6.45, 7) is 3.99. The van der Waals surface area contributed by atoms with E-state index in [1.807, 2.05) is 6.92 Å². The first-order valence-electron chi connectivity index (χ1n) is 3.59. The highest BCUT2D eigenvalue weighted by Gasteiger charge is 2.22. The third kappa shape index (κ3) is 2.86. The van der Waals surface area contributed by atoms with Crippen LogP contribution in [0.15, 0.2) is 0 Å². The topological polar surface area (TPSA) is 44.8 Å². The highest BCUT2D eigenvalue weighted by molar-refractivity contribution is 5.65. The molecule has 11 heavy (non-hydrogen) atoms. The molecule has 0 aliphatic carbocycles. The van der Waals surface area contributed by atoms with E-state index in [2.05, 4.69) is 0 Å². The maximum atomic E-state index is 10.4. The second kappa shape index (κ2) is 3.69. The predicted octanol–water partition coefficient (Wildman–Crippen LogP) is 0.311. The van der Waals surface area contributed by atoms with Crippen molar-refractivity contribution in [3.8, 4) is 0 Å². The summed E-state index contributed by atoms with van der Waals surface area (Å²) in [6, 6.07) is 0. The monoisotopic (exact) mass is 160 g/mol.